The fourth-order valence-electron chi connectivity index (χ4n) is 2.77. The maximum Gasteiger partial charge on any atom is 0.271 e. The lowest BCUT2D eigenvalue weighted by atomic mass is 10.2. The van der Waals surface area contributed by atoms with Crippen LogP contribution < -0.4 is 10.2 Å². The largest absolute Gasteiger partial charge is 0.473 e. The minimum atomic E-state index is -0.422. The molecule has 4 aromatic rings. The number of ether oxygens (including phenoxy) is 1. The van der Waals surface area contributed by atoms with Crippen LogP contribution in [0.2, 0.25) is 0 Å². The Balaban J connectivity index is 1.45. The number of aromatic nitrogens is 2. The SMILES string of the molecule is O=C(NN=Cc1c[nH]c2cnc(OCc3ccccc3)cc12)c1ccc(F)cc1. The second-order valence-corrected chi connectivity index (χ2v) is 6.29. The van der Waals surface area contributed by atoms with Crippen molar-refractivity contribution in [3.8, 4) is 5.88 Å². The molecular weight excluding hydrogens is 371 g/mol. The van der Waals surface area contributed by atoms with Gasteiger partial charge in [-0.2, -0.15) is 5.10 Å². The molecule has 0 aliphatic rings. The maximum atomic E-state index is 12.9. The molecule has 2 aromatic heterocycles. The van der Waals surface area contributed by atoms with Crippen LogP contribution in [0.25, 0.3) is 10.9 Å². The van der Waals surface area contributed by atoms with Crippen LogP contribution in [0.3, 0.4) is 0 Å². The Bertz CT molecular complexity index is 1150. The summed E-state index contributed by atoms with van der Waals surface area (Å²) < 4.78 is 18.7. The van der Waals surface area contributed by atoms with Crippen LogP contribution in [0.15, 0.2) is 78.2 Å². The highest BCUT2D eigenvalue weighted by Gasteiger charge is 2.07. The molecule has 7 heteroatoms. The Kier molecular flexibility index (Phi) is 5.29. The normalized spacial score (nSPS) is 11.1. The first-order valence-electron chi connectivity index (χ1n) is 8.92. The molecule has 0 aliphatic carbocycles. The van der Waals surface area contributed by atoms with Crippen LogP contribution in [0.5, 0.6) is 5.88 Å². The van der Waals surface area contributed by atoms with E-state index < -0.39 is 11.7 Å². The Morgan fingerprint density at radius 2 is 1.97 bits per heavy atom. The third-order valence-electron chi connectivity index (χ3n) is 4.28. The van der Waals surface area contributed by atoms with Gasteiger partial charge in [-0.25, -0.2) is 14.8 Å². The van der Waals surface area contributed by atoms with Crippen molar-refractivity contribution in [1.29, 1.82) is 0 Å². The summed E-state index contributed by atoms with van der Waals surface area (Å²) in [6, 6.07) is 16.9. The lowest BCUT2D eigenvalue weighted by molar-refractivity contribution is 0.0955. The lowest BCUT2D eigenvalue weighted by Gasteiger charge is -2.05. The van der Waals surface area contributed by atoms with E-state index in [9.17, 15) is 9.18 Å². The van der Waals surface area contributed by atoms with Crippen molar-refractivity contribution >= 4 is 23.0 Å². The number of halogens is 1. The van der Waals surface area contributed by atoms with Gasteiger partial charge < -0.3 is 9.72 Å². The van der Waals surface area contributed by atoms with Crippen LogP contribution in [0.1, 0.15) is 21.5 Å². The van der Waals surface area contributed by atoms with Gasteiger partial charge >= 0.3 is 0 Å². The van der Waals surface area contributed by atoms with Gasteiger partial charge in [-0.05, 0) is 29.8 Å². The lowest BCUT2D eigenvalue weighted by Crippen LogP contribution is -2.17. The molecule has 29 heavy (non-hydrogen) atoms. The van der Waals surface area contributed by atoms with E-state index in [-0.39, 0.29) is 0 Å². The van der Waals surface area contributed by atoms with E-state index in [1.165, 1.54) is 30.5 Å². The van der Waals surface area contributed by atoms with Crippen molar-refractivity contribution in [2.75, 3.05) is 0 Å². The molecule has 2 N–H and O–H groups in total. The first-order valence-corrected chi connectivity index (χ1v) is 8.92. The van der Waals surface area contributed by atoms with E-state index in [2.05, 4.69) is 20.5 Å². The average Bonchev–Trinajstić information content (AvgIpc) is 3.16. The van der Waals surface area contributed by atoms with Crippen molar-refractivity contribution < 1.29 is 13.9 Å². The van der Waals surface area contributed by atoms with Crippen molar-refractivity contribution in [2.45, 2.75) is 6.61 Å². The van der Waals surface area contributed by atoms with Crippen molar-refractivity contribution in [2.24, 2.45) is 5.10 Å². The summed E-state index contributed by atoms with van der Waals surface area (Å²) in [6.07, 6.45) is 4.98. The third-order valence-corrected chi connectivity index (χ3v) is 4.28. The number of carbonyl (C=O) groups is 1. The molecule has 0 unspecified atom stereocenters. The second kappa shape index (κ2) is 8.35. The molecule has 0 spiro atoms. The minimum absolute atomic E-state index is 0.322. The zero-order valence-corrected chi connectivity index (χ0v) is 15.3. The second-order valence-electron chi connectivity index (χ2n) is 6.29. The summed E-state index contributed by atoms with van der Waals surface area (Å²) in [5.41, 5.74) is 5.39. The Morgan fingerprint density at radius 1 is 1.17 bits per heavy atom. The topological polar surface area (TPSA) is 79.4 Å². The summed E-state index contributed by atoms with van der Waals surface area (Å²) in [5, 5.41) is 4.85. The van der Waals surface area contributed by atoms with Gasteiger partial charge in [0.15, 0.2) is 0 Å². The zero-order valence-electron chi connectivity index (χ0n) is 15.3. The van der Waals surface area contributed by atoms with Crippen LogP contribution in [-0.4, -0.2) is 22.1 Å². The summed E-state index contributed by atoms with van der Waals surface area (Å²) in [6.45, 7) is 0.418. The molecule has 0 aliphatic heterocycles. The van der Waals surface area contributed by atoms with E-state index in [1.54, 1.807) is 12.4 Å². The number of nitrogens with zero attached hydrogens (tertiary/aromatic N) is 2. The molecule has 4 rings (SSSR count). The highest BCUT2D eigenvalue weighted by Crippen LogP contribution is 2.21. The number of rotatable bonds is 6. The first-order chi connectivity index (χ1) is 14.2. The van der Waals surface area contributed by atoms with Gasteiger partial charge in [-0.1, -0.05) is 30.3 Å². The van der Waals surface area contributed by atoms with Gasteiger partial charge in [0.2, 0.25) is 5.88 Å². The number of aromatic amines is 1. The predicted molar refractivity (Wildman–Crippen MR) is 108 cm³/mol. The molecule has 0 saturated heterocycles. The molecule has 144 valence electrons. The number of hydrazone groups is 1. The summed E-state index contributed by atoms with van der Waals surface area (Å²) in [5.74, 6) is -0.330. The minimum Gasteiger partial charge on any atom is -0.473 e. The zero-order chi connectivity index (χ0) is 20.1. The molecule has 2 heterocycles. The van der Waals surface area contributed by atoms with Crippen LogP contribution >= 0.6 is 0 Å². The smallest absolute Gasteiger partial charge is 0.271 e. The molecule has 0 fully saturated rings. The van der Waals surface area contributed by atoms with E-state index in [4.69, 9.17) is 4.74 Å². The fourth-order valence-corrected chi connectivity index (χ4v) is 2.77. The van der Waals surface area contributed by atoms with Gasteiger partial charge in [0.25, 0.3) is 5.91 Å². The standard InChI is InChI=1S/C22H17FN4O2/c23-18-8-6-16(7-9-18)22(28)27-26-12-17-11-24-20-13-25-21(10-19(17)20)29-14-15-4-2-1-3-5-15/h1-13,24H,14H2,(H,27,28). The van der Waals surface area contributed by atoms with Gasteiger partial charge in [-0.15, -0.1) is 0 Å². The van der Waals surface area contributed by atoms with Gasteiger partial charge in [0.1, 0.15) is 12.4 Å². The van der Waals surface area contributed by atoms with Gasteiger partial charge in [0, 0.05) is 28.8 Å². The highest BCUT2D eigenvalue weighted by molar-refractivity contribution is 6.00. The number of hydrogen-bond acceptors (Lipinski definition) is 4. The van der Waals surface area contributed by atoms with E-state index in [0.717, 1.165) is 22.0 Å². The molecule has 0 bridgehead atoms. The molecule has 6 nitrogen and oxygen atoms in total. The molecular formula is C22H17FN4O2. The van der Waals surface area contributed by atoms with Crippen LogP contribution in [-0.2, 0) is 6.61 Å². The van der Waals surface area contributed by atoms with E-state index in [1.807, 2.05) is 36.4 Å². The monoisotopic (exact) mass is 388 g/mol. The highest BCUT2D eigenvalue weighted by atomic mass is 19.1. The first kappa shape index (κ1) is 18.4. The number of amides is 1. The fraction of sp³-hybridized carbons (Fsp3) is 0.0455. The van der Waals surface area contributed by atoms with Crippen molar-refractivity contribution in [1.82, 2.24) is 15.4 Å². The predicted octanol–water partition coefficient (Wildman–Crippen LogP) is 4.04. The third kappa shape index (κ3) is 4.47. The van der Waals surface area contributed by atoms with Crippen molar-refractivity contribution in [3.05, 3.63) is 95.6 Å². The van der Waals surface area contributed by atoms with Gasteiger partial charge in [-0.3, -0.25) is 4.79 Å². The number of H-pyrrole nitrogens is 1. The van der Waals surface area contributed by atoms with E-state index >= 15 is 0 Å². The summed E-state index contributed by atoms with van der Waals surface area (Å²) >= 11 is 0. The van der Waals surface area contributed by atoms with Crippen LogP contribution in [0.4, 0.5) is 4.39 Å². The number of nitrogens with one attached hydrogen (secondary N) is 2. The summed E-state index contributed by atoms with van der Waals surface area (Å²) in [7, 11) is 0. The molecule has 0 radical (unpaired) electrons. The van der Waals surface area contributed by atoms with Crippen molar-refractivity contribution in [3.63, 3.8) is 0 Å². The average molecular weight is 388 g/mol. The Morgan fingerprint density at radius 3 is 2.76 bits per heavy atom. The van der Waals surface area contributed by atoms with E-state index in [0.29, 0.717) is 18.1 Å². The van der Waals surface area contributed by atoms with Crippen LogP contribution in [0, 0.1) is 5.82 Å². The molecule has 2 aromatic carbocycles. The molecule has 0 saturated carbocycles. The quantitative estimate of drug-likeness (QED) is 0.386. The Labute approximate surface area is 166 Å². The number of benzene rings is 2. The molecule has 1 amide bonds. The number of pyridine rings is 1. The van der Waals surface area contributed by atoms with Gasteiger partial charge in [0.05, 0.1) is 17.9 Å². The maximum absolute atomic E-state index is 12.9. The summed E-state index contributed by atoms with van der Waals surface area (Å²) in [4.78, 5) is 19.4. The number of carbonyl (C=O) groups excluding carboxylic acids is 1. The Hall–Kier alpha value is -4.00. The number of hydrogen-bond donors (Lipinski definition) is 2. The number of fused-ring (bicyclic) bond motifs is 1. The molecule has 0 atom stereocenters.